The van der Waals surface area contributed by atoms with Crippen molar-refractivity contribution in [2.75, 3.05) is 23.8 Å². The van der Waals surface area contributed by atoms with Crippen LogP contribution in [0.5, 0.6) is 0 Å². The van der Waals surface area contributed by atoms with E-state index >= 15 is 0 Å². The molecule has 2 N–H and O–H groups in total. The highest BCUT2D eigenvalue weighted by Crippen LogP contribution is 2.30. The molecule has 6 heteroatoms. The van der Waals surface area contributed by atoms with Crippen molar-refractivity contribution in [1.82, 2.24) is 4.31 Å². The zero-order chi connectivity index (χ0) is 14.6. The van der Waals surface area contributed by atoms with Crippen molar-refractivity contribution in [2.24, 2.45) is 0 Å². The molecule has 2 rings (SSSR count). The molecule has 1 aromatic carbocycles. The average Bonchev–Trinajstić information content (AvgIpc) is 3.22. The Morgan fingerprint density at radius 1 is 1.30 bits per heavy atom. The van der Waals surface area contributed by atoms with Gasteiger partial charge in [0.15, 0.2) is 0 Å². The van der Waals surface area contributed by atoms with Gasteiger partial charge in [0.1, 0.15) is 0 Å². The van der Waals surface area contributed by atoms with E-state index in [-0.39, 0.29) is 11.8 Å². The van der Waals surface area contributed by atoms with Gasteiger partial charge < -0.3 is 5.73 Å². The molecule has 1 aromatic rings. The van der Waals surface area contributed by atoms with Gasteiger partial charge in [0.05, 0.1) is 5.75 Å². The topological polar surface area (TPSA) is 63.4 Å². The van der Waals surface area contributed by atoms with Gasteiger partial charge in [0.2, 0.25) is 10.0 Å². The third kappa shape index (κ3) is 4.40. The first-order valence-corrected chi connectivity index (χ1v) is 9.60. The Morgan fingerprint density at radius 3 is 2.50 bits per heavy atom. The second-order valence-electron chi connectivity index (χ2n) is 5.08. The average molecular weight is 314 g/mol. The molecule has 0 atom stereocenters. The van der Waals surface area contributed by atoms with Gasteiger partial charge in [0.25, 0.3) is 0 Å². The van der Waals surface area contributed by atoms with Crippen LogP contribution < -0.4 is 5.73 Å². The van der Waals surface area contributed by atoms with Gasteiger partial charge in [0, 0.05) is 28.9 Å². The summed E-state index contributed by atoms with van der Waals surface area (Å²) in [6, 6.07) is 7.80. The summed E-state index contributed by atoms with van der Waals surface area (Å²) in [4.78, 5) is 1.06. The van der Waals surface area contributed by atoms with E-state index in [0.717, 1.165) is 29.8 Å². The molecule has 1 saturated carbocycles. The van der Waals surface area contributed by atoms with Gasteiger partial charge in [-0.05, 0) is 43.5 Å². The summed E-state index contributed by atoms with van der Waals surface area (Å²) in [5.41, 5.74) is 6.35. The third-order valence-electron chi connectivity index (χ3n) is 3.25. The third-order valence-corrected chi connectivity index (χ3v) is 6.43. The van der Waals surface area contributed by atoms with Crippen LogP contribution in [0.1, 0.15) is 26.2 Å². The lowest BCUT2D eigenvalue weighted by molar-refractivity contribution is 0.404. The number of nitrogens with two attached hydrogens (primary N) is 1. The van der Waals surface area contributed by atoms with Crippen molar-refractivity contribution < 1.29 is 8.42 Å². The van der Waals surface area contributed by atoms with E-state index in [1.54, 1.807) is 16.1 Å². The molecule has 20 heavy (non-hydrogen) atoms. The number of nitrogens with zero attached hydrogens (tertiary/aromatic N) is 1. The van der Waals surface area contributed by atoms with Crippen molar-refractivity contribution in [3.8, 4) is 0 Å². The Bertz CT molecular complexity index is 525. The summed E-state index contributed by atoms with van der Waals surface area (Å²) in [5, 5.41) is 0. The second-order valence-corrected chi connectivity index (χ2v) is 8.28. The molecule has 1 aliphatic carbocycles. The number of rotatable bonds is 8. The predicted molar refractivity (Wildman–Crippen MR) is 85.4 cm³/mol. The molecule has 0 aliphatic heterocycles. The summed E-state index contributed by atoms with van der Waals surface area (Å²) < 4.78 is 26.4. The van der Waals surface area contributed by atoms with Crippen molar-refractivity contribution in [2.45, 2.75) is 37.1 Å². The van der Waals surface area contributed by atoms with Crippen LogP contribution in [0, 0.1) is 0 Å². The fourth-order valence-electron chi connectivity index (χ4n) is 2.08. The number of sulfonamides is 1. The van der Waals surface area contributed by atoms with Gasteiger partial charge in [-0.1, -0.05) is 6.92 Å². The van der Waals surface area contributed by atoms with E-state index in [1.807, 2.05) is 31.2 Å². The lowest BCUT2D eigenvalue weighted by atomic mass is 10.3. The number of hydrogen-bond donors (Lipinski definition) is 1. The second kappa shape index (κ2) is 6.83. The molecule has 0 amide bonds. The van der Waals surface area contributed by atoms with E-state index in [9.17, 15) is 8.42 Å². The molecule has 1 fully saturated rings. The Hall–Kier alpha value is -0.720. The Morgan fingerprint density at radius 2 is 1.95 bits per heavy atom. The van der Waals surface area contributed by atoms with E-state index in [2.05, 4.69) is 0 Å². The fourth-order valence-corrected chi connectivity index (χ4v) is 5.18. The zero-order valence-corrected chi connectivity index (χ0v) is 13.4. The van der Waals surface area contributed by atoms with Crippen LogP contribution in [0.15, 0.2) is 29.2 Å². The minimum absolute atomic E-state index is 0.207. The Balaban J connectivity index is 1.86. The van der Waals surface area contributed by atoms with Crippen LogP contribution in [-0.4, -0.2) is 36.8 Å². The van der Waals surface area contributed by atoms with E-state index in [0.29, 0.717) is 12.3 Å². The summed E-state index contributed by atoms with van der Waals surface area (Å²) >= 11 is 1.56. The van der Waals surface area contributed by atoms with Gasteiger partial charge >= 0.3 is 0 Å². The molecule has 0 bridgehead atoms. The normalized spacial score (nSPS) is 15.7. The molecule has 1 aliphatic rings. The minimum Gasteiger partial charge on any atom is -0.399 e. The highest BCUT2D eigenvalue weighted by molar-refractivity contribution is 8.00. The number of hydrogen-bond acceptors (Lipinski definition) is 4. The first kappa shape index (κ1) is 15.7. The number of benzene rings is 1. The van der Waals surface area contributed by atoms with Gasteiger partial charge in [-0.15, -0.1) is 11.8 Å². The lowest BCUT2D eigenvalue weighted by Gasteiger charge is -2.21. The lowest BCUT2D eigenvalue weighted by Crippen LogP contribution is -2.36. The molecule has 0 aromatic heterocycles. The molecule has 0 unspecified atom stereocenters. The highest BCUT2D eigenvalue weighted by Gasteiger charge is 2.35. The largest absolute Gasteiger partial charge is 0.399 e. The number of thioether (sulfide) groups is 1. The molecule has 0 spiro atoms. The summed E-state index contributed by atoms with van der Waals surface area (Å²) in [7, 11) is -3.11. The molecular weight excluding hydrogens is 292 g/mol. The van der Waals surface area contributed by atoms with Gasteiger partial charge in [-0.3, -0.25) is 0 Å². The van der Waals surface area contributed by atoms with Crippen LogP contribution >= 0.6 is 11.8 Å². The summed E-state index contributed by atoms with van der Waals surface area (Å²) in [6.45, 7) is 2.67. The monoisotopic (exact) mass is 314 g/mol. The molecule has 0 radical (unpaired) electrons. The SMILES string of the molecule is CCCN(C1CC1)S(=O)(=O)CCSc1ccc(N)cc1. The fraction of sp³-hybridized carbons (Fsp3) is 0.571. The summed E-state index contributed by atoms with van der Waals surface area (Å²) in [6.07, 6.45) is 2.91. The van der Waals surface area contributed by atoms with Crippen LogP contribution in [0.2, 0.25) is 0 Å². The molecule has 0 saturated heterocycles. The molecule has 112 valence electrons. The van der Waals surface area contributed by atoms with Crippen molar-refractivity contribution in [3.05, 3.63) is 24.3 Å². The van der Waals surface area contributed by atoms with Gasteiger partial charge in [-0.2, -0.15) is 4.31 Å². The molecular formula is C14H22N2O2S2. The first-order chi connectivity index (χ1) is 9.53. The maximum atomic E-state index is 12.3. The van der Waals surface area contributed by atoms with Crippen LogP contribution in [0.25, 0.3) is 0 Å². The van der Waals surface area contributed by atoms with E-state index in [1.165, 1.54) is 0 Å². The van der Waals surface area contributed by atoms with Crippen LogP contribution in [-0.2, 0) is 10.0 Å². The maximum absolute atomic E-state index is 12.3. The van der Waals surface area contributed by atoms with E-state index < -0.39 is 10.0 Å². The zero-order valence-electron chi connectivity index (χ0n) is 11.8. The van der Waals surface area contributed by atoms with Crippen molar-refractivity contribution in [3.63, 3.8) is 0 Å². The minimum atomic E-state index is -3.11. The van der Waals surface area contributed by atoms with Crippen molar-refractivity contribution in [1.29, 1.82) is 0 Å². The van der Waals surface area contributed by atoms with E-state index in [4.69, 9.17) is 5.73 Å². The van der Waals surface area contributed by atoms with Crippen LogP contribution in [0.3, 0.4) is 0 Å². The quantitative estimate of drug-likeness (QED) is 0.592. The Labute approximate surface area is 125 Å². The standard InChI is InChI=1S/C14H22N2O2S2/c1-2-9-16(13-5-6-13)20(17,18)11-10-19-14-7-3-12(15)4-8-14/h3-4,7-8,13H,2,5-6,9-11,15H2,1H3. The highest BCUT2D eigenvalue weighted by atomic mass is 32.2. The van der Waals surface area contributed by atoms with Crippen LogP contribution in [0.4, 0.5) is 5.69 Å². The smallest absolute Gasteiger partial charge is 0.215 e. The van der Waals surface area contributed by atoms with Crippen molar-refractivity contribution >= 4 is 27.5 Å². The molecule has 0 heterocycles. The summed E-state index contributed by atoms with van der Waals surface area (Å²) in [5.74, 6) is 0.789. The predicted octanol–water partition coefficient (Wildman–Crippen LogP) is 2.57. The maximum Gasteiger partial charge on any atom is 0.215 e. The first-order valence-electron chi connectivity index (χ1n) is 7.01. The number of anilines is 1. The molecule has 4 nitrogen and oxygen atoms in total. The number of nitrogen functional groups attached to an aromatic ring is 1. The Kier molecular flexibility index (Phi) is 5.35. The van der Waals surface area contributed by atoms with Gasteiger partial charge in [-0.25, -0.2) is 8.42 Å².